The van der Waals surface area contributed by atoms with Crippen LogP contribution in [0.5, 0.6) is 5.75 Å². The molecule has 0 aliphatic heterocycles. The highest BCUT2D eigenvalue weighted by molar-refractivity contribution is 7.98. The third-order valence-corrected chi connectivity index (χ3v) is 4.17. The summed E-state index contributed by atoms with van der Waals surface area (Å²) in [5.41, 5.74) is 2.04. The van der Waals surface area contributed by atoms with Crippen molar-refractivity contribution in [1.29, 1.82) is 0 Å². The Kier molecular flexibility index (Phi) is 8.29. The number of methoxy groups -OCH3 is 1. The zero-order valence-corrected chi connectivity index (χ0v) is 14.2. The predicted octanol–water partition coefficient (Wildman–Crippen LogP) is 2.61. The number of aliphatic hydroxyl groups is 1. The second-order valence-corrected chi connectivity index (χ2v) is 5.84. The molecule has 1 N–H and O–H groups in total. The van der Waals surface area contributed by atoms with E-state index >= 15 is 0 Å². The molecule has 1 rings (SSSR count). The lowest BCUT2D eigenvalue weighted by Gasteiger charge is -2.26. The van der Waals surface area contributed by atoms with Gasteiger partial charge in [0.05, 0.1) is 12.7 Å². The molecule has 1 unspecified atom stereocenters. The minimum absolute atomic E-state index is 0.140. The zero-order chi connectivity index (χ0) is 15.7. The smallest absolute Gasteiger partial charge is 0.134 e. The first-order valence-corrected chi connectivity index (χ1v) is 8.51. The van der Waals surface area contributed by atoms with Gasteiger partial charge in [-0.05, 0) is 37.4 Å². The van der Waals surface area contributed by atoms with Gasteiger partial charge in [-0.15, -0.1) is 0 Å². The maximum atomic E-state index is 8.84. The standard InChI is InChI=1S/C17H25NO2S/c1-5-16(13-21-4)18(2)12-14-8-9-17(20-3)15(11-14)7-6-10-19/h8-9,11,16,19H,5,10,12-13H2,1-4H3. The zero-order valence-electron chi connectivity index (χ0n) is 13.3. The molecule has 4 heteroatoms. The first kappa shape index (κ1) is 17.9. The second kappa shape index (κ2) is 9.73. The first-order valence-electron chi connectivity index (χ1n) is 7.12. The molecule has 116 valence electrons. The van der Waals surface area contributed by atoms with Crippen LogP contribution in [-0.4, -0.2) is 48.8 Å². The van der Waals surface area contributed by atoms with E-state index in [-0.39, 0.29) is 6.61 Å². The van der Waals surface area contributed by atoms with Gasteiger partial charge in [-0.25, -0.2) is 0 Å². The third-order valence-electron chi connectivity index (χ3n) is 3.45. The van der Waals surface area contributed by atoms with Crippen LogP contribution in [0.2, 0.25) is 0 Å². The summed E-state index contributed by atoms with van der Waals surface area (Å²) in [7, 11) is 3.80. The highest BCUT2D eigenvalue weighted by Gasteiger charge is 2.13. The Balaban J connectivity index is 2.88. The molecule has 0 radical (unpaired) electrons. The fraction of sp³-hybridized carbons (Fsp3) is 0.529. The molecule has 21 heavy (non-hydrogen) atoms. The van der Waals surface area contributed by atoms with E-state index in [1.165, 1.54) is 5.56 Å². The van der Waals surface area contributed by atoms with Crippen LogP contribution in [0.1, 0.15) is 24.5 Å². The molecule has 3 nitrogen and oxygen atoms in total. The molecule has 1 aromatic rings. The van der Waals surface area contributed by atoms with Gasteiger partial charge in [-0.2, -0.15) is 11.8 Å². The summed E-state index contributed by atoms with van der Waals surface area (Å²) in [6, 6.07) is 6.64. The van der Waals surface area contributed by atoms with Gasteiger partial charge in [0.15, 0.2) is 0 Å². The van der Waals surface area contributed by atoms with Gasteiger partial charge in [0.1, 0.15) is 12.4 Å². The van der Waals surface area contributed by atoms with E-state index < -0.39 is 0 Å². The Hall–Kier alpha value is -1.15. The van der Waals surface area contributed by atoms with Crippen LogP contribution < -0.4 is 4.74 Å². The average molecular weight is 307 g/mol. The summed E-state index contributed by atoms with van der Waals surface area (Å²) >= 11 is 1.88. The number of hydrogen-bond acceptors (Lipinski definition) is 4. The summed E-state index contributed by atoms with van der Waals surface area (Å²) in [5.74, 6) is 7.52. The molecule has 0 saturated heterocycles. The van der Waals surface area contributed by atoms with Crippen LogP contribution in [0, 0.1) is 11.8 Å². The molecule has 0 aromatic heterocycles. The van der Waals surface area contributed by atoms with Gasteiger partial charge in [-0.3, -0.25) is 4.90 Å². The van der Waals surface area contributed by atoms with Crippen molar-refractivity contribution < 1.29 is 9.84 Å². The normalized spacial score (nSPS) is 11.9. The number of aliphatic hydroxyl groups excluding tert-OH is 1. The van der Waals surface area contributed by atoms with Crippen LogP contribution in [0.25, 0.3) is 0 Å². The fourth-order valence-electron chi connectivity index (χ4n) is 2.25. The van der Waals surface area contributed by atoms with Crippen LogP contribution in [0.4, 0.5) is 0 Å². The van der Waals surface area contributed by atoms with E-state index in [2.05, 4.69) is 43.0 Å². The average Bonchev–Trinajstić information content (AvgIpc) is 2.50. The monoisotopic (exact) mass is 307 g/mol. The molecule has 0 aliphatic carbocycles. The fourth-order valence-corrected chi connectivity index (χ4v) is 3.13. The van der Waals surface area contributed by atoms with Gasteiger partial charge in [-0.1, -0.05) is 24.8 Å². The van der Waals surface area contributed by atoms with Crippen LogP contribution in [-0.2, 0) is 6.54 Å². The molecular formula is C17H25NO2S. The number of rotatable bonds is 7. The van der Waals surface area contributed by atoms with E-state index in [4.69, 9.17) is 9.84 Å². The lowest BCUT2D eigenvalue weighted by molar-refractivity contribution is 0.248. The first-order chi connectivity index (χ1) is 10.2. The maximum Gasteiger partial charge on any atom is 0.134 e. The molecular weight excluding hydrogens is 282 g/mol. The molecule has 1 atom stereocenters. The molecule has 0 amide bonds. The quantitative estimate of drug-likeness (QED) is 0.785. The van der Waals surface area contributed by atoms with E-state index in [9.17, 15) is 0 Å². The number of nitrogens with zero attached hydrogens (tertiary/aromatic N) is 1. The van der Waals surface area contributed by atoms with E-state index in [1.807, 2.05) is 23.9 Å². The largest absolute Gasteiger partial charge is 0.495 e. The highest BCUT2D eigenvalue weighted by Crippen LogP contribution is 2.20. The third kappa shape index (κ3) is 5.62. The van der Waals surface area contributed by atoms with E-state index in [0.717, 1.165) is 30.0 Å². The Morgan fingerprint density at radius 3 is 2.76 bits per heavy atom. The topological polar surface area (TPSA) is 32.7 Å². The van der Waals surface area contributed by atoms with Crippen molar-refractivity contribution in [3.05, 3.63) is 29.3 Å². The van der Waals surface area contributed by atoms with Gasteiger partial charge >= 0.3 is 0 Å². The van der Waals surface area contributed by atoms with Crippen molar-refractivity contribution in [1.82, 2.24) is 4.90 Å². The molecule has 1 aromatic carbocycles. The van der Waals surface area contributed by atoms with Crippen molar-refractivity contribution in [2.75, 3.05) is 32.8 Å². The van der Waals surface area contributed by atoms with Crippen LogP contribution in [0.3, 0.4) is 0 Å². The molecule has 0 aliphatic rings. The van der Waals surface area contributed by atoms with Crippen molar-refractivity contribution >= 4 is 11.8 Å². The second-order valence-electron chi connectivity index (χ2n) is 4.93. The van der Waals surface area contributed by atoms with Gasteiger partial charge in [0.2, 0.25) is 0 Å². The summed E-state index contributed by atoms with van der Waals surface area (Å²) < 4.78 is 5.31. The Labute approximate surface area is 132 Å². The summed E-state index contributed by atoms with van der Waals surface area (Å²) in [4.78, 5) is 2.38. The number of benzene rings is 1. The Bertz CT molecular complexity index is 493. The molecule has 0 saturated carbocycles. The van der Waals surface area contributed by atoms with Crippen molar-refractivity contribution in [2.24, 2.45) is 0 Å². The summed E-state index contributed by atoms with van der Waals surface area (Å²) in [6.07, 6.45) is 3.29. The minimum Gasteiger partial charge on any atom is -0.495 e. The molecule has 0 spiro atoms. The van der Waals surface area contributed by atoms with Gasteiger partial charge in [0, 0.05) is 18.3 Å². The minimum atomic E-state index is -0.140. The predicted molar refractivity (Wildman–Crippen MR) is 90.9 cm³/mol. The van der Waals surface area contributed by atoms with Gasteiger partial charge in [0.25, 0.3) is 0 Å². The number of thioether (sulfide) groups is 1. The highest BCUT2D eigenvalue weighted by atomic mass is 32.2. The number of hydrogen-bond donors (Lipinski definition) is 1. The van der Waals surface area contributed by atoms with Crippen LogP contribution >= 0.6 is 11.8 Å². The summed E-state index contributed by atoms with van der Waals surface area (Å²) in [5, 5.41) is 8.84. The summed E-state index contributed by atoms with van der Waals surface area (Å²) in [6.45, 7) is 2.97. The molecule has 0 heterocycles. The van der Waals surface area contributed by atoms with Gasteiger partial charge < -0.3 is 9.84 Å². The lowest BCUT2D eigenvalue weighted by atomic mass is 10.1. The Morgan fingerprint density at radius 1 is 1.43 bits per heavy atom. The van der Waals surface area contributed by atoms with E-state index in [0.29, 0.717) is 6.04 Å². The molecule has 0 bridgehead atoms. The van der Waals surface area contributed by atoms with Crippen molar-refractivity contribution in [3.8, 4) is 17.6 Å². The van der Waals surface area contributed by atoms with Crippen molar-refractivity contribution in [3.63, 3.8) is 0 Å². The van der Waals surface area contributed by atoms with E-state index in [1.54, 1.807) is 7.11 Å². The molecule has 0 fully saturated rings. The van der Waals surface area contributed by atoms with Crippen molar-refractivity contribution in [2.45, 2.75) is 25.9 Å². The Morgan fingerprint density at radius 2 is 2.19 bits per heavy atom. The lowest BCUT2D eigenvalue weighted by Crippen LogP contribution is -2.32. The van der Waals surface area contributed by atoms with Crippen LogP contribution in [0.15, 0.2) is 18.2 Å². The maximum absolute atomic E-state index is 8.84. The SMILES string of the molecule is CCC(CSC)N(C)Cc1ccc(OC)c(C#CCO)c1. The number of ether oxygens (including phenoxy) is 1.